The monoisotopic (exact) mass is 431 g/mol. The number of rotatable bonds is 4. The summed E-state index contributed by atoms with van der Waals surface area (Å²) in [5.74, 6) is -1.15. The minimum atomic E-state index is -1.74. The molecule has 0 atom stereocenters. The summed E-state index contributed by atoms with van der Waals surface area (Å²) in [6.45, 7) is 0. The molecule has 0 aliphatic rings. The van der Waals surface area contributed by atoms with Crippen LogP contribution in [0.3, 0.4) is 0 Å². The van der Waals surface area contributed by atoms with Crippen molar-refractivity contribution in [3.63, 3.8) is 0 Å². The standard InChI is InChI=1S/C23H16BF2N3O3/c1-32-23-15(3-2-4-18(23)24(30)31)21-10-16(12-7-13(25)9-14(26)8-12)22-17-11-27-29-19(17)5-6-20(22)28-21/h2-11,30-31H,1H3,(H,27,29). The number of para-hydroxylation sites is 1. The first-order valence-electron chi connectivity index (χ1n) is 9.73. The second kappa shape index (κ2) is 7.70. The number of hydrogen-bond acceptors (Lipinski definition) is 5. The molecule has 0 unspecified atom stereocenters. The van der Waals surface area contributed by atoms with Crippen LogP contribution in [0.4, 0.5) is 8.78 Å². The summed E-state index contributed by atoms with van der Waals surface area (Å²) in [5.41, 5.74) is 3.34. The van der Waals surface area contributed by atoms with Crippen LogP contribution in [0.2, 0.25) is 0 Å². The van der Waals surface area contributed by atoms with E-state index in [2.05, 4.69) is 10.2 Å². The van der Waals surface area contributed by atoms with Crippen molar-refractivity contribution in [1.29, 1.82) is 0 Å². The van der Waals surface area contributed by atoms with Gasteiger partial charge in [0.2, 0.25) is 0 Å². The van der Waals surface area contributed by atoms with E-state index in [0.29, 0.717) is 33.3 Å². The Balaban J connectivity index is 1.88. The number of H-pyrrole nitrogens is 1. The predicted molar refractivity (Wildman–Crippen MR) is 119 cm³/mol. The molecule has 6 nitrogen and oxygen atoms in total. The van der Waals surface area contributed by atoms with Crippen LogP contribution in [-0.4, -0.2) is 39.5 Å². The first-order chi connectivity index (χ1) is 15.5. The minimum Gasteiger partial charge on any atom is -0.496 e. The third-order valence-electron chi connectivity index (χ3n) is 5.37. The van der Waals surface area contributed by atoms with Crippen LogP contribution in [-0.2, 0) is 0 Å². The number of ether oxygens (including phenoxy) is 1. The molecular weight excluding hydrogens is 415 g/mol. The van der Waals surface area contributed by atoms with Gasteiger partial charge in [0, 0.05) is 27.9 Å². The van der Waals surface area contributed by atoms with Crippen molar-refractivity contribution in [2.75, 3.05) is 7.11 Å². The van der Waals surface area contributed by atoms with Crippen molar-refractivity contribution in [3.05, 3.63) is 72.4 Å². The number of nitrogens with one attached hydrogen (secondary N) is 1. The number of nitrogens with zero attached hydrogens (tertiary/aromatic N) is 2. The maximum Gasteiger partial charge on any atom is 0.492 e. The normalized spacial score (nSPS) is 11.3. The van der Waals surface area contributed by atoms with Crippen LogP contribution in [0.25, 0.3) is 44.2 Å². The van der Waals surface area contributed by atoms with E-state index in [1.54, 1.807) is 30.5 Å². The van der Waals surface area contributed by atoms with E-state index in [0.717, 1.165) is 17.0 Å². The Kier molecular flexibility index (Phi) is 4.84. The Bertz CT molecular complexity index is 1470. The van der Waals surface area contributed by atoms with E-state index >= 15 is 0 Å². The second-order valence-corrected chi connectivity index (χ2v) is 7.31. The summed E-state index contributed by atoms with van der Waals surface area (Å²) < 4.78 is 33.7. The van der Waals surface area contributed by atoms with Crippen molar-refractivity contribution in [1.82, 2.24) is 15.2 Å². The molecule has 0 aliphatic carbocycles. The number of aromatic amines is 1. The van der Waals surface area contributed by atoms with Gasteiger partial charge < -0.3 is 14.8 Å². The first-order valence-corrected chi connectivity index (χ1v) is 9.73. The van der Waals surface area contributed by atoms with Gasteiger partial charge >= 0.3 is 7.12 Å². The van der Waals surface area contributed by atoms with Crippen molar-refractivity contribution < 1.29 is 23.6 Å². The van der Waals surface area contributed by atoms with E-state index in [4.69, 9.17) is 9.72 Å². The van der Waals surface area contributed by atoms with E-state index in [1.165, 1.54) is 25.3 Å². The smallest absolute Gasteiger partial charge is 0.492 e. The van der Waals surface area contributed by atoms with Gasteiger partial charge in [0.15, 0.2) is 0 Å². The SMILES string of the molecule is COc1c(B(O)O)cccc1-c1cc(-c2cc(F)cc(F)c2)c2c(ccc3[nH]ncc32)n1. The molecule has 2 heterocycles. The number of fused-ring (bicyclic) bond motifs is 3. The van der Waals surface area contributed by atoms with Gasteiger partial charge in [-0.05, 0) is 47.5 Å². The van der Waals surface area contributed by atoms with E-state index in [-0.39, 0.29) is 11.2 Å². The van der Waals surface area contributed by atoms with Gasteiger partial charge in [-0.3, -0.25) is 5.10 Å². The van der Waals surface area contributed by atoms with Gasteiger partial charge in [-0.15, -0.1) is 0 Å². The zero-order valence-corrected chi connectivity index (χ0v) is 16.8. The second-order valence-electron chi connectivity index (χ2n) is 7.31. The zero-order chi connectivity index (χ0) is 22.4. The molecule has 0 radical (unpaired) electrons. The van der Waals surface area contributed by atoms with Crippen LogP contribution in [0.1, 0.15) is 0 Å². The number of benzene rings is 3. The lowest BCUT2D eigenvalue weighted by Gasteiger charge is -2.15. The van der Waals surface area contributed by atoms with Crippen LogP contribution in [0.5, 0.6) is 5.75 Å². The average molecular weight is 431 g/mol. The molecule has 0 saturated carbocycles. The van der Waals surface area contributed by atoms with Crippen LogP contribution in [0.15, 0.2) is 60.8 Å². The van der Waals surface area contributed by atoms with Gasteiger partial charge in [-0.1, -0.05) is 12.1 Å². The molecule has 0 spiro atoms. The molecule has 0 fully saturated rings. The van der Waals surface area contributed by atoms with Gasteiger partial charge in [0.05, 0.1) is 30.0 Å². The third kappa shape index (κ3) is 3.28. The lowest BCUT2D eigenvalue weighted by Crippen LogP contribution is -2.31. The Hall–Kier alpha value is -3.82. The summed E-state index contributed by atoms with van der Waals surface area (Å²) in [6.07, 6.45) is 1.64. The maximum atomic E-state index is 14.1. The molecule has 5 rings (SSSR count). The maximum absolute atomic E-state index is 14.1. The Morgan fingerprint density at radius 2 is 1.75 bits per heavy atom. The Labute approximate surface area is 181 Å². The fraction of sp³-hybridized carbons (Fsp3) is 0.0435. The third-order valence-corrected chi connectivity index (χ3v) is 5.37. The molecule has 5 aromatic rings. The van der Waals surface area contributed by atoms with Crippen LogP contribution >= 0.6 is 0 Å². The van der Waals surface area contributed by atoms with Gasteiger partial charge in [-0.2, -0.15) is 5.10 Å². The number of methoxy groups -OCH3 is 1. The highest BCUT2D eigenvalue weighted by atomic mass is 19.1. The summed E-state index contributed by atoms with van der Waals surface area (Å²) >= 11 is 0. The van der Waals surface area contributed by atoms with Gasteiger partial charge in [-0.25, -0.2) is 13.8 Å². The van der Waals surface area contributed by atoms with Gasteiger partial charge in [0.25, 0.3) is 0 Å². The number of hydrogen-bond donors (Lipinski definition) is 3. The Morgan fingerprint density at radius 1 is 0.969 bits per heavy atom. The summed E-state index contributed by atoms with van der Waals surface area (Å²) in [4.78, 5) is 4.74. The molecule has 0 saturated heterocycles. The van der Waals surface area contributed by atoms with Crippen molar-refractivity contribution in [2.24, 2.45) is 0 Å². The first kappa shape index (κ1) is 20.1. The predicted octanol–water partition coefficient (Wildman–Crippen LogP) is 3.41. The highest BCUT2D eigenvalue weighted by Crippen LogP contribution is 2.38. The molecule has 0 bridgehead atoms. The lowest BCUT2D eigenvalue weighted by molar-refractivity contribution is 0.404. The minimum absolute atomic E-state index is 0.176. The topological polar surface area (TPSA) is 91.3 Å². The fourth-order valence-electron chi connectivity index (χ4n) is 4.02. The zero-order valence-electron chi connectivity index (χ0n) is 16.8. The average Bonchev–Trinajstić information content (AvgIpc) is 3.26. The highest BCUT2D eigenvalue weighted by Gasteiger charge is 2.22. The molecule has 2 aromatic heterocycles. The quantitative estimate of drug-likeness (QED) is 0.380. The molecule has 158 valence electrons. The molecular formula is C23H16BF2N3O3. The fourth-order valence-corrected chi connectivity index (χ4v) is 4.02. The molecule has 3 aromatic carbocycles. The number of aromatic nitrogens is 3. The van der Waals surface area contributed by atoms with Crippen LogP contribution in [0, 0.1) is 11.6 Å². The van der Waals surface area contributed by atoms with Gasteiger partial charge in [0.1, 0.15) is 17.4 Å². The highest BCUT2D eigenvalue weighted by molar-refractivity contribution is 6.60. The summed E-state index contributed by atoms with van der Waals surface area (Å²) in [6, 6.07) is 13.6. The molecule has 3 N–H and O–H groups in total. The lowest BCUT2D eigenvalue weighted by atomic mass is 9.78. The summed E-state index contributed by atoms with van der Waals surface area (Å²) in [5, 5.41) is 27.9. The molecule has 0 aliphatic heterocycles. The number of halogens is 2. The van der Waals surface area contributed by atoms with Crippen molar-refractivity contribution >= 4 is 34.4 Å². The van der Waals surface area contributed by atoms with Crippen molar-refractivity contribution in [2.45, 2.75) is 0 Å². The Morgan fingerprint density at radius 3 is 2.47 bits per heavy atom. The number of pyridine rings is 1. The molecule has 32 heavy (non-hydrogen) atoms. The van der Waals surface area contributed by atoms with Crippen LogP contribution < -0.4 is 10.2 Å². The molecule has 9 heteroatoms. The van der Waals surface area contributed by atoms with Crippen molar-refractivity contribution in [3.8, 4) is 28.1 Å². The van der Waals surface area contributed by atoms with E-state index in [1.807, 2.05) is 6.07 Å². The summed E-state index contributed by atoms with van der Waals surface area (Å²) in [7, 11) is -0.323. The largest absolute Gasteiger partial charge is 0.496 e. The van der Waals surface area contributed by atoms with E-state index < -0.39 is 18.8 Å². The van der Waals surface area contributed by atoms with E-state index in [9.17, 15) is 18.8 Å². The molecule has 0 amide bonds.